The molecule has 0 radical (unpaired) electrons. The van der Waals surface area contributed by atoms with Crippen molar-refractivity contribution in [1.82, 2.24) is 4.98 Å². The SMILES string of the molecule is COc1cncc(-c2cccc(C(F)(F)F)c2)c1CO. The molecule has 2 rings (SSSR count). The molecule has 106 valence electrons. The van der Waals surface area contributed by atoms with Crippen LogP contribution < -0.4 is 4.74 Å². The number of alkyl halides is 3. The van der Waals surface area contributed by atoms with Gasteiger partial charge in [-0.25, -0.2) is 0 Å². The van der Waals surface area contributed by atoms with Crippen LogP contribution in [0.1, 0.15) is 11.1 Å². The van der Waals surface area contributed by atoms with E-state index in [1.54, 1.807) is 0 Å². The predicted octanol–water partition coefficient (Wildman–Crippen LogP) is 3.27. The second kappa shape index (κ2) is 5.50. The normalized spacial score (nSPS) is 11.4. The number of benzene rings is 1. The number of ether oxygens (including phenoxy) is 1. The van der Waals surface area contributed by atoms with Gasteiger partial charge in [-0.15, -0.1) is 0 Å². The largest absolute Gasteiger partial charge is 0.495 e. The average Bonchev–Trinajstić information content (AvgIpc) is 2.45. The fourth-order valence-corrected chi connectivity index (χ4v) is 1.92. The Morgan fingerprint density at radius 1 is 1.25 bits per heavy atom. The molecule has 0 bridgehead atoms. The molecule has 0 saturated heterocycles. The third kappa shape index (κ3) is 2.75. The van der Waals surface area contributed by atoms with Gasteiger partial charge in [-0.05, 0) is 17.7 Å². The Kier molecular flexibility index (Phi) is 3.94. The minimum absolute atomic E-state index is 0.329. The maximum absolute atomic E-state index is 12.7. The predicted molar refractivity (Wildman–Crippen MR) is 67.1 cm³/mol. The molecule has 3 nitrogen and oxygen atoms in total. The Hall–Kier alpha value is -2.08. The molecule has 0 fully saturated rings. The molecule has 0 aliphatic heterocycles. The van der Waals surface area contributed by atoms with Gasteiger partial charge in [0.15, 0.2) is 0 Å². The van der Waals surface area contributed by atoms with Crippen LogP contribution in [0, 0.1) is 0 Å². The highest BCUT2D eigenvalue weighted by Crippen LogP contribution is 2.34. The van der Waals surface area contributed by atoms with Gasteiger partial charge >= 0.3 is 6.18 Å². The van der Waals surface area contributed by atoms with E-state index in [1.165, 1.54) is 31.6 Å². The molecule has 1 N–H and O–H groups in total. The van der Waals surface area contributed by atoms with E-state index in [-0.39, 0.29) is 6.61 Å². The summed E-state index contributed by atoms with van der Waals surface area (Å²) in [5.74, 6) is 0.336. The van der Waals surface area contributed by atoms with Crippen molar-refractivity contribution in [3.05, 3.63) is 47.8 Å². The number of hydrogen-bond acceptors (Lipinski definition) is 3. The molecule has 0 atom stereocenters. The Balaban J connectivity index is 2.57. The lowest BCUT2D eigenvalue weighted by Gasteiger charge is -2.13. The summed E-state index contributed by atoms with van der Waals surface area (Å²) in [6.45, 7) is -0.350. The van der Waals surface area contributed by atoms with E-state index < -0.39 is 11.7 Å². The summed E-state index contributed by atoms with van der Waals surface area (Å²) in [5, 5.41) is 9.39. The quantitative estimate of drug-likeness (QED) is 0.940. The number of rotatable bonds is 3. The molecule has 1 heterocycles. The second-order valence-electron chi connectivity index (χ2n) is 4.10. The van der Waals surface area contributed by atoms with Gasteiger partial charge in [0.1, 0.15) is 5.75 Å². The minimum atomic E-state index is -4.41. The highest BCUT2D eigenvalue weighted by Gasteiger charge is 2.30. The topological polar surface area (TPSA) is 42.4 Å². The van der Waals surface area contributed by atoms with Crippen LogP contribution >= 0.6 is 0 Å². The average molecular weight is 283 g/mol. The highest BCUT2D eigenvalue weighted by atomic mass is 19.4. The Morgan fingerprint density at radius 3 is 2.60 bits per heavy atom. The summed E-state index contributed by atoms with van der Waals surface area (Å²) >= 11 is 0. The summed E-state index contributed by atoms with van der Waals surface area (Å²) in [5.41, 5.74) is 0.400. The van der Waals surface area contributed by atoms with E-state index in [0.717, 1.165) is 12.1 Å². The van der Waals surface area contributed by atoms with Gasteiger partial charge in [0.05, 0.1) is 25.5 Å². The van der Waals surface area contributed by atoms with E-state index in [2.05, 4.69) is 4.98 Å². The van der Waals surface area contributed by atoms with E-state index >= 15 is 0 Å². The van der Waals surface area contributed by atoms with Crippen LogP contribution in [0.5, 0.6) is 5.75 Å². The van der Waals surface area contributed by atoms with Crippen molar-refractivity contribution < 1.29 is 23.0 Å². The van der Waals surface area contributed by atoms with Crippen LogP contribution in [0.2, 0.25) is 0 Å². The lowest BCUT2D eigenvalue weighted by molar-refractivity contribution is -0.137. The van der Waals surface area contributed by atoms with Gasteiger partial charge in [0.25, 0.3) is 0 Å². The fraction of sp³-hybridized carbons (Fsp3) is 0.214. The summed E-state index contributed by atoms with van der Waals surface area (Å²) in [7, 11) is 1.41. The number of methoxy groups -OCH3 is 1. The molecule has 0 aliphatic rings. The first-order chi connectivity index (χ1) is 9.47. The standard InChI is InChI=1S/C14H12F3NO2/c1-20-13-7-18-6-11(12(13)8-19)9-3-2-4-10(5-9)14(15,16)17/h2-7,19H,8H2,1H3. The molecule has 0 unspecified atom stereocenters. The summed E-state index contributed by atoms with van der Waals surface area (Å²) in [6.07, 6.45) is -1.60. The van der Waals surface area contributed by atoms with Gasteiger partial charge in [-0.1, -0.05) is 12.1 Å². The molecule has 0 aliphatic carbocycles. The molecule has 6 heteroatoms. The van der Waals surface area contributed by atoms with Gasteiger partial charge in [0.2, 0.25) is 0 Å². The number of aliphatic hydroxyl groups excluding tert-OH is 1. The van der Waals surface area contributed by atoms with E-state index in [9.17, 15) is 18.3 Å². The van der Waals surface area contributed by atoms with Crippen LogP contribution in [0.15, 0.2) is 36.7 Å². The summed E-state index contributed by atoms with van der Waals surface area (Å²) < 4.78 is 43.2. The number of pyridine rings is 1. The van der Waals surface area contributed by atoms with Gasteiger partial charge in [0, 0.05) is 17.3 Å². The fourth-order valence-electron chi connectivity index (χ4n) is 1.92. The van der Waals surface area contributed by atoms with Crippen LogP contribution in [-0.2, 0) is 12.8 Å². The Morgan fingerprint density at radius 2 is 2.00 bits per heavy atom. The molecule has 20 heavy (non-hydrogen) atoms. The van der Waals surface area contributed by atoms with Crippen LogP contribution in [0.25, 0.3) is 11.1 Å². The van der Waals surface area contributed by atoms with Gasteiger partial charge in [-0.2, -0.15) is 13.2 Å². The van der Waals surface area contributed by atoms with Crippen LogP contribution in [0.3, 0.4) is 0 Å². The van der Waals surface area contributed by atoms with Crippen molar-refractivity contribution in [3.63, 3.8) is 0 Å². The third-order valence-corrected chi connectivity index (χ3v) is 2.90. The van der Waals surface area contributed by atoms with Crippen LogP contribution in [-0.4, -0.2) is 17.2 Å². The zero-order valence-corrected chi connectivity index (χ0v) is 10.6. The summed E-state index contributed by atoms with van der Waals surface area (Å²) in [4.78, 5) is 3.91. The molecule has 1 aromatic carbocycles. The molecule has 2 aromatic rings. The van der Waals surface area contributed by atoms with Crippen molar-refractivity contribution in [3.8, 4) is 16.9 Å². The van der Waals surface area contributed by atoms with Crippen molar-refractivity contribution in [2.24, 2.45) is 0 Å². The lowest BCUT2D eigenvalue weighted by Crippen LogP contribution is -2.05. The molecular formula is C14H12F3NO2. The zero-order valence-electron chi connectivity index (χ0n) is 10.6. The number of nitrogens with zero attached hydrogens (tertiary/aromatic N) is 1. The Labute approximate surface area is 113 Å². The first-order valence-corrected chi connectivity index (χ1v) is 5.76. The van der Waals surface area contributed by atoms with E-state index in [4.69, 9.17) is 4.74 Å². The smallest absolute Gasteiger partial charge is 0.416 e. The maximum Gasteiger partial charge on any atom is 0.416 e. The first-order valence-electron chi connectivity index (χ1n) is 5.76. The molecule has 0 amide bonds. The molecule has 1 aromatic heterocycles. The van der Waals surface area contributed by atoms with Crippen molar-refractivity contribution in [2.45, 2.75) is 12.8 Å². The molecule has 0 spiro atoms. The first kappa shape index (κ1) is 14.3. The highest BCUT2D eigenvalue weighted by molar-refractivity contribution is 5.69. The number of halogens is 3. The van der Waals surface area contributed by atoms with Crippen molar-refractivity contribution in [2.75, 3.05) is 7.11 Å². The lowest BCUT2D eigenvalue weighted by atomic mass is 10.00. The minimum Gasteiger partial charge on any atom is -0.495 e. The second-order valence-corrected chi connectivity index (χ2v) is 4.10. The summed E-state index contributed by atoms with van der Waals surface area (Å²) in [6, 6.07) is 4.87. The van der Waals surface area contributed by atoms with Crippen LogP contribution in [0.4, 0.5) is 13.2 Å². The monoisotopic (exact) mass is 283 g/mol. The Bertz CT molecular complexity index is 612. The molecular weight excluding hydrogens is 271 g/mol. The number of aliphatic hydroxyl groups is 1. The number of hydrogen-bond donors (Lipinski definition) is 1. The van der Waals surface area contributed by atoms with Gasteiger partial charge in [-0.3, -0.25) is 4.98 Å². The van der Waals surface area contributed by atoms with E-state index in [1.807, 2.05) is 0 Å². The molecule has 0 saturated carbocycles. The number of aromatic nitrogens is 1. The third-order valence-electron chi connectivity index (χ3n) is 2.90. The van der Waals surface area contributed by atoms with Crippen molar-refractivity contribution >= 4 is 0 Å². The zero-order chi connectivity index (χ0) is 14.8. The van der Waals surface area contributed by atoms with E-state index in [0.29, 0.717) is 22.4 Å². The van der Waals surface area contributed by atoms with Gasteiger partial charge < -0.3 is 9.84 Å². The van der Waals surface area contributed by atoms with Crippen molar-refractivity contribution in [1.29, 1.82) is 0 Å². The maximum atomic E-state index is 12.7.